The number of benzene rings is 1. The maximum atomic E-state index is 8.51. The summed E-state index contributed by atoms with van der Waals surface area (Å²) >= 11 is 0. The molecule has 1 aromatic rings. The van der Waals surface area contributed by atoms with E-state index in [4.69, 9.17) is 5.26 Å². The number of nitrogens with zero attached hydrogens (tertiary/aromatic N) is 1. The Kier molecular flexibility index (Phi) is 2.63. The molecule has 0 aliphatic heterocycles. The fourth-order valence-corrected chi connectivity index (χ4v) is 1.08. The molecule has 2 heteroatoms. The molecule has 0 radical (unpaired) electrons. The summed E-state index contributed by atoms with van der Waals surface area (Å²) in [6.07, 6.45) is 0. The summed E-state index contributed by atoms with van der Waals surface area (Å²) in [6.45, 7) is 2.10. The molecule has 0 amide bonds. The first-order chi connectivity index (χ1) is 5.24. The molecular weight excluding hydrogens is 153 g/mol. The van der Waals surface area contributed by atoms with E-state index >= 15 is 0 Å². The first kappa shape index (κ1) is 8.24. The lowest BCUT2D eigenvalue weighted by Crippen LogP contribution is -1.82. The molecule has 0 fully saturated rings. The molecule has 0 aromatic heterocycles. The molecule has 0 aliphatic rings. The van der Waals surface area contributed by atoms with Crippen molar-refractivity contribution in [1.29, 1.82) is 5.26 Å². The van der Waals surface area contributed by atoms with Crippen LogP contribution in [0.3, 0.4) is 0 Å². The maximum Gasteiger partial charge on any atom is 0.0991 e. The van der Waals surface area contributed by atoms with Gasteiger partial charge in [0.2, 0.25) is 0 Å². The lowest BCUT2D eigenvalue weighted by atomic mass is 10.1. The van der Waals surface area contributed by atoms with Gasteiger partial charge in [-0.05, 0) is 23.4 Å². The zero-order valence-corrected chi connectivity index (χ0v) is 7.57. The summed E-state index contributed by atoms with van der Waals surface area (Å²) in [6, 6.07) is 9.74. The molecule has 11 heavy (non-hydrogen) atoms. The van der Waals surface area contributed by atoms with Crippen LogP contribution in [0, 0.1) is 11.3 Å². The van der Waals surface area contributed by atoms with Gasteiger partial charge in [0.05, 0.1) is 11.6 Å². The maximum absolute atomic E-state index is 8.51. The van der Waals surface area contributed by atoms with Crippen molar-refractivity contribution in [1.82, 2.24) is 0 Å². The summed E-state index contributed by atoms with van der Waals surface area (Å²) in [5.41, 5.74) is 2.43. The third-order valence-electron chi connectivity index (χ3n) is 1.57. The van der Waals surface area contributed by atoms with E-state index in [1.54, 1.807) is 0 Å². The highest BCUT2D eigenvalue weighted by Gasteiger charge is 1.97. The zero-order chi connectivity index (χ0) is 8.27. The molecule has 0 bridgehead atoms. The van der Waals surface area contributed by atoms with E-state index in [1.165, 1.54) is 5.56 Å². The van der Waals surface area contributed by atoms with Crippen LogP contribution < -0.4 is 0 Å². The molecule has 0 saturated carbocycles. The molecule has 1 aromatic carbocycles. The van der Waals surface area contributed by atoms with Crippen molar-refractivity contribution in [3.63, 3.8) is 0 Å². The predicted octanol–water partition coefficient (Wildman–Crippen LogP) is 2.49. The van der Waals surface area contributed by atoms with E-state index < -0.39 is 0 Å². The second-order valence-corrected chi connectivity index (χ2v) is 3.52. The van der Waals surface area contributed by atoms with Gasteiger partial charge in [0.25, 0.3) is 0 Å². The van der Waals surface area contributed by atoms with E-state index in [-0.39, 0.29) is 0 Å². The summed E-state index contributed by atoms with van der Waals surface area (Å²) < 4.78 is 0. The molecular formula is C9H10NP. The van der Waals surface area contributed by atoms with Gasteiger partial charge in [-0.1, -0.05) is 19.1 Å². The van der Waals surface area contributed by atoms with Crippen molar-refractivity contribution >= 4 is 9.24 Å². The minimum Gasteiger partial charge on any atom is -0.192 e. The standard InChI is InChI=1S/C9H10NP/c1-7(11)9-4-2-8(6-10)3-5-9/h2-5,7H,11H2,1H3/t7-/m0/s1. The minimum atomic E-state index is 0.461. The fourth-order valence-electron chi connectivity index (χ4n) is 0.861. The first-order valence-electron chi connectivity index (χ1n) is 3.49. The Bertz CT molecular complexity index is 269. The number of rotatable bonds is 1. The Labute approximate surface area is 69.2 Å². The van der Waals surface area contributed by atoms with Crippen LogP contribution in [0.25, 0.3) is 0 Å². The van der Waals surface area contributed by atoms with Gasteiger partial charge < -0.3 is 0 Å². The quantitative estimate of drug-likeness (QED) is 0.583. The summed E-state index contributed by atoms with van der Waals surface area (Å²) in [5.74, 6) is 0. The van der Waals surface area contributed by atoms with Gasteiger partial charge in [0.15, 0.2) is 0 Å². The van der Waals surface area contributed by atoms with Gasteiger partial charge in [-0.2, -0.15) is 5.26 Å². The largest absolute Gasteiger partial charge is 0.192 e. The van der Waals surface area contributed by atoms with Gasteiger partial charge in [0.1, 0.15) is 0 Å². The Morgan fingerprint density at radius 3 is 2.27 bits per heavy atom. The smallest absolute Gasteiger partial charge is 0.0991 e. The summed E-state index contributed by atoms with van der Waals surface area (Å²) in [7, 11) is 2.72. The topological polar surface area (TPSA) is 23.8 Å². The van der Waals surface area contributed by atoms with Crippen molar-refractivity contribution in [2.24, 2.45) is 0 Å². The van der Waals surface area contributed by atoms with Gasteiger partial charge in [-0.25, -0.2) is 0 Å². The second kappa shape index (κ2) is 3.51. The van der Waals surface area contributed by atoms with Crippen LogP contribution in [0.1, 0.15) is 23.7 Å². The lowest BCUT2D eigenvalue weighted by molar-refractivity contribution is 1.10. The third kappa shape index (κ3) is 2.03. The van der Waals surface area contributed by atoms with Crippen LogP contribution in [0.5, 0.6) is 0 Å². The SMILES string of the molecule is C[C@H](P)c1ccc(C#N)cc1. The summed E-state index contributed by atoms with van der Waals surface area (Å²) in [4.78, 5) is 0. The van der Waals surface area contributed by atoms with Crippen molar-refractivity contribution in [3.8, 4) is 6.07 Å². The predicted molar refractivity (Wildman–Crippen MR) is 49.3 cm³/mol. The van der Waals surface area contributed by atoms with Crippen molar-refractivity contribution < 1.29 is 0 Å². The molecule has 56 valence electrons. The van der Waals surface area contributed by atoms with Crippen LogP contribution in [0.4, 0.5) is 0 Å². The van der Waals surface area contributed by atoms with Crippen LogP contribution >= 0.6 is 9.24 Å². The molecule has 1 rings (SSSR count). The van der Waals surface area contributed by atoms with Crippen molar-refractivity contribution in [2.45, 2.75) is 12.6 Å². The molecule has 2 atom stereocenters. The number of hydrogen-bond donors (Lipinski definition) is 0. The molecule has 0 spiro atoms. The second-order valence-electron chi connectivity index (χ2n) is 2.52. The first-order valence-corrected chi connectivity index (χ1v) is 4.16. The van der Waals surface area contributed by atoms with Crippen LogP contribution in [-0.4, -0.2) is 0 Å². The molecule has 0 saturated heterocycles. The normalized spacial score (nSPS) is 12.1. The fraction of sp³-hybridized carbons (Fsp3) is 0.222. The van der Waals surface area contributed by atoms with Gasteiger partial charge >= 0.3 is 0 Å². The average molecular weight is 163 g/mol. The Hall–Kier alpha value is -0.860. The summed E-state index contributed by atoms with van der Waals surface area (Å²) in [5, 5.41) is 8.51. The highest BCUT2D eigenvalue weighted by atomic mass is 31.0. The monoisotopic (exact) mass is 163 g/mol. The lowest BCUT2D eigenvalue weighted by Gasteiger charge is -2.02. The highest BCUT2D eigenvalue weighted by molar-refractivity contribution is 7.17. The minimum absolute atomic E-state index is 0.461. The van der Waals surface area contributed by atoms with Crippen LogP contribution in [0.2, 0.25) is 0 Å². The van der Waals surface area contributed by atoms with Crippen LogP contribution in [0.15, 0.2) is 24.3 Å². The van der Waals surface area contributed by atoms with E-state index in [1.807, 2.05) is 24.3 Å². The van der Waals surface area contributed by atoms with E-state index in [0.29, 0.717) is 5.66 Å². The number of hydrogen-bond acceptors (Lipinski definition) is 1. The highest BCUT2D eigenvalue weighted by Crippen LogP contribution is 2.21. The Morgan fingerprint density at radius 1 is 1.36 bits per heavy atom. The van der Waals surface area contributed by atoms with Crippen LogP contribution in [-0.2, 0) is 0 Å². The van der Waals surface area contributed by atoms with Gasteiger partial charge in [0, 0.05) is 0 Å². The molecule has 0 heterocycles. The van der Waals surface area contributed by atoms with E-state index in [2.05, 4.69) is 22.2 Å². The molecule has 0 N–H and O–H groups in total. The van der Waals surface area contributed by atoms with Gasteiger partial charge in [-0.3, -0.25) is 0 Å². The Balaban J connectivity index is 2.94. The van der Waals surface area contributed by atoms with E-state index in [9.17, 15) is 0 Å². The Morgan fingerprint density at radius 2 is 1.91 bits per heavy atom. The van der Waals surface area contributed by atoms with Gasteiger partial charge in [-0.15, -0.1) is 9.24 Å². The molecule has 1 nitrogen and oxygen atoms in total. The van der Waals surface area contributed by atoms with E-state index in [0.717, 1.165) is 5.56 Å². The third-order valence-corrected chi connectivity index (χ3v) is 1.95. The zero-order valence-electron chi connectivity index (χ0n) is 6.41. The average Bonchev–Trinajstić information content (AvgIpc) is 2.05. The molecule has 1 unspecified atom stereocenters. The molecule has 0 aliphatic carbocycles. The van der Waals surface area contributed by atoms with Crippen molar-refractivity contribution in [3.05, 3.63) is 35.4 Å². The van der Waals surface area contributed by atoms with Crippen molar-refractivity contribution in [2.75, 3.05) is 0 Å². The number of nitriles is 1.